The number of aliphatic hydroxyl groups excluding tert-OH is 11. The highest BCUT2D eigenvalue weighted by molar-refractivity contribution is 5.15. The Morgan fingerprint density at radius 3 is 2.00 bits per heavy atom. The summed E-state index contributed by atoms with van der Waals surface area (Å²) in [5.74, 6) is -0.0681. The zero-order valence-electron chi connectivity index (χ0n) is 37.6. The Labute approximate surface area is 374 Å². The van der Waals surface area contributed by atoms with Crippen molar-refractivity contribution in [2.24, 2.45) is 52.3 Å². The molecule has 4 saturated carbocycles. The molecule has 0 amide bonds. The van der Waals surface area contributed by atoms with Crippen LogP contribution in [0.1, 0.15) is 92.4 Å². The Balaban J connectivity index is 0.883. The molecular weight excluding hydrogens is 844 g/mol. The van der Waals surface area contributed by atoms with Crippen molar-refractivity contribution in [1.29, 1.82) is 0 Å². The van der Waals surface area contributed by atoms with Gasteiger partial charge in [0, 0.05) is 12.3 Å². The molecule has 8 fully saturated rings. The second kappa shape index (κ2) is 18.9. The molecule has 4 aliphatic heterocycles. The number of fused-ring (bicyclic) bond motifs is 7. The summed E-state index contributed by atoms with van der Waals surface area (Å²) in [7, 11) is 0. The predicted octanol–water partition coefficient (Wildman–Crippen LogP) is -1.78. The lowest BCUT2D eigenvalue weighted by atomic mass is 9.44. The highest BCUT2D eigenvalue weighted by Crippen LogP contribution is 2.71. The van der Waals surface area contributed by atoms with Crippen LogP contribution >= 0.6 is 0 Å². The minimum atomic E-state index is -1.70. The molecule has 8 rings (SSSR count). The van der Waals surface area contributed by atoms with Gasteiger partial charge in [0.15, 0.2) is 24.7 Å². The SMILES string of the molecule is C[C@H](CCC1(O)O[C@H]2C[C@H]3[C@@H]4CC[C@H]5C[C@@H](O[C@@H]6O[C@H](CO)[C@@H](O)[C@H](O)[C@H]6O[C@@H]6O[C@@H](C)[C@H](O)[C@@H](O)[C@H]6O)[C@H](O)C[C@]5(C)[C@H]4CC[C@]3(C)[C@H]2[C@@H]1C)CO[C@@H]1O[C@H](CO)[C@@H](O)[C@H](O)[C@H]1O. The maximum atomic E-state index is 12.1. The highest BCUT2D eigenvalue weighted by Gasteiger charge is 2.69. The summed E-state index contributed by atoms with van der Waals surface area (Å²) < 4.78 is 41.9. The number of hydrogen-bond donors (Lipinski definition) is 12. The molecule has 19 heteroatoms. The third kappa shape index (κ3) is 8.55. The van der Waals surface area contributed by atoms with Crippen molar-refractivity contribution >= 4 is 0 Å². The molecule has 0 spiro atoms. The Hall–Kier alpha value is -0.760. The van der Waals surface area contributed by atoms with Crippen LogP contribution in [0.5, 0.6) is 0 Å². The van der Waals surface area contributed by atoms with Gasteiger partial charge in [-0.25, -0.2) is 0 Å². The second-order valence-corrected chi connectivity index (χ2v) is 21.6. The predicted molar refractivity (Wildman–Crippen MR) is 219 cm³/mol. The minimum Gasteiger partial charge on any atom is -0.394 e. The number of hydrogen-bond acceptors (Lipinski definition) is 19. The number of rotatable bonds is 12. The first-order chi connectivity index (χ1) is 30.2. The van der Waals surface area contributed by atoms with E-state index in [1.807, 2.05) is 6.92 Å². The zero-order chi connectivity index (χ0) is 46.4. The van der Waals surface area contributed by atoms with E-state index in [-0.39, 0.29) is 47.2 Å². The van der Waals surface area contributed by atoms with E-state index in [2.05, 4.69) is 20.8 Å². The molecule has 4 saturated heterocycles. The zero-order valence-corrected chi connectivity index (χ0v) is 37.6. The van der Waals surface area contributed by atoms with Gasteiger partial charge in [0.1, 0.15) is 67.1 Å². The van der Waals surface area contributed by atoms with Gasteiger partial charge in [-0.2, -0.15) is 0 Å². The first-order valence-electron chi connectivity index (χ1n) is 23.8. The summed E-state index contributed by atoms with van der Waals surface area (Å²) in [5, 5.41) is 127. The monoisotopic (exact) mass is 920 g/mol. The summed E-state index contributed by atoms with van der Waals surface area (Å²) in [4.78, 5) is 0. The van der Waals surface area contributed by atoms with Gasteiger partial charge in [-0.3, -0.25) is 0 Å². The molecule has 0 aromatic rings. The van der Waals surface area contributed by atoms with E-state index in [0.717, 1.165) is 32.1 Å². The molecule has 0 aromatic heterocycles. The van der Waals surface area contributed by atoms with Crippen LogP contribution in [0.4, 0.5) is 0 Å². The van der Waals surface area contributed by atoms with E-state index >= 15 is 0 Å². The van der Waals surface area contributed by atoms with Crippen LogP contribution in [0.25, 0.3) is 0 Å². The van der Waals surface area contributed by atoms with Crippen molar-refractivity contribution in [1.82, 2.24) is 0 Å². The molecule has 12 N–H and O–H groups in total. The fourth-order valence-corrected chi connectivity index (χ4v) is 14.1. The Kier molecular flexibility index (Phi) is 14.6. The third-order valence-corrected chi connectivity index (χ3v) is 18.0. The minimum absolute atomic E-state index is 0.0563. The molecular formula is C45H76O19. The molecule has 28 atom stereocenters. The Morgan fingerprint density at radius 2 is 1.31 bits per heavy atom. The van der Waals surface area contributed by atoms with Gasteiger partial charge < -0.3 is 94.4 Å². The molecule has 8 aliphatic rings. The van der Waals surface area contributed by atoms with Gasteiger partial charge in [-0.15, -0.1) is 0 Å². The fourth-order valence-electron chi connectivity index (χ4n) is 14.1. The lowest BCUT2D eigenvalue weighted by Gasteiger charge is -2.62. The maximum Gasteiger partial charge on any atom is 0.187 e. The quantitative estimate of drug-likeness (QED) is 0.0964. The lowest BCUT2D eigenvalue weighted by Crippen LogP contribution is -2.65. The maximum absolute atomic E-state index is 12.1. The first kappa shape index (κ1) is 49.7. The van der Waals surface area contributed by atoms with Crippen LogP contribution in [0.2, 0.25) is 0 Å². The summed E-state index contributed by atoms with van der Waals surface area (Å²) in [6.07, 6.45) is -16.4. The van der Waals surface area contributed by atoms with Gasteiger partial charge in [-0.1, -0.05) is 27.7 Å². The average molecular weight is 921 g/mol. The van der Waals surface area contributed by atoms with Crippen LogP contribution in [-0.2, 0) is 33.2 Å². The molecule has 4 aliphatic carbocycles. The fraction of sp³-hybridized carbons (Fsp3) is 1.00. The summed E-state index contributed by atoms with van der Waals surface area (Å²) in [5.41, 5.74) is -0.263. The van der Waals surface area contributed by atoms with Gasteiger partial charge in [0.2, 0.25) is 0 Å². The van der Waals surface area contributed by atoms with Crippen LogP contribution in [0, 0.1) is 52.3 Å². The van der Waals surface area contributed by atoms with Gasteiger partial charge in [0.05, 0.1) is 44.2 Å². The number of ether oxygens (including phenoxy) is 7. The molecule has 4 heterocycles. The van der Waals surface area contributed by atoms with E-state index < -0.39 is 123 Å². The van der Waals surface area contributed by atoms with E-state index in [9.17, 15) is 61.3 Å². The van der Waals surface area contributed by atoms with E-state index in [4.69, 9.17) is 33.2 Å². The summed E-state index contributed by atoms with van der Waals surface area (Å²) >= 11 is 0. The third-order valence-electron chi connectivity index (χ3n) is 18.0. The highest BCUT2D eigenvalue weighted by atomic mass is 16.8. The van der Waals surface area contributed by atoms with Crippen LogP contribution in [0.3, 0.4) is 0 Å². The molecule has 1 unspecified atom stereocenters. The molecule has 0 bridgehead atoms. The van der Waals surface area contributed by atoms with E-state index in [1.54, 1.807) is 0 Å². The number of aliphatic hydroxyl groups is 12. The summed E-state index contributed by atoms with van der Waals surface area (Å²) in [6, 6.07) is 0. The Morgan fingerprint density at radius 1 is 0.672 bits per heavy atom. The standard InChI is InChI=1S/C45H76O19/c1-18(17-58-40-37(55)35(53)32(50)28(15-46)61-40)8-11-45(57)19(2)30-27(64-45)13-24-22-7-6-21-12-26(25(48)14-44(21,5)23(22)9-10-43(24,30)4)60-42-39(36(54)33(51)29(16-47)62-42)63-41-38(56)34(52)31(49)20(3)59-41/h18-42,46-57H,6-17H2,1-5H3/t18-,19+,20+,21+,22-,23+,24+,25-,26-,27+,28-,29-,30+,31+,32-,33-,34-,35+,36+,37-,38-,39-,40-,41+,42-,43+,44+,45?/m1/s1. The molecule has 370 valence electrons. The van der Waals surface area contributed by atoms with Crippen molar-refractivity contribution in [3.8, 4) is 0 Å². The van der Waals surface area contributed by atoms with Crippen molar-refractivity contribution < 1.29 is 94.4 Å². The molecule has 0 radical (unpaired) electrons. The van der Waals surface area contributed by atoms with Crippen molar-refractivity contribution in [3.63, 3.8) is 0 Å². The first-order valence-corrected chi connectivity index (χ1v) is 23.8. The molecule has 64 heavy (non-hydrogen) atoms. The largest absolute Gasteiger partial charge is 0.394 e. The van der Waals surface area contributed by atoms with Gasteiger partial charge in [0.25, 0.3) is 0 Å². The molecule has 0 aromatic carbocycles. The normalized spacial score (nSPS) is 56.8. The summed E-state index contributed by atoms with van der Waals surface area (Å²) in [6.45, 7) is 9.19. The second-order valence-electron chi connectivity index (χ2n) is 21.6. The van der Waals surface area contributed by atoms with Crippen LogP contribution in [-0.4, -0.2) is 197 Å². The van der Waals surface area contributed by atoms with Gasteiger partial charge >= 0.3 is 0 Å². The van der Waals surface area contributed by atoms with E-state index in [0.29, 0.717) is 43.4 Å². The van der Waals surface area contributed by atoms with Crippen LogP contribution < -0.4 is 0 Å². The Bertz CT molecular complexity index is 1580. The van der Waals surface area contributed by atoms with Crippen molar-refractivity contribution in [2.75, 3.05) is 19.8 Å². The topological polar surface area (TPSA) is 307 Å². The van der Waals surface area contributed by atoms with Crippen molar-refractivity contribution in [2.45, 2.75) is 209 Å². The average Bonchev–Trinajstić information content (AvgIpc) is 3.70. The van der Waals surface area contributed by atoms with Crippen molar-refractivity contribution in [3.05, 3.63) is 0 Å². The lowest BCUT2D eigenvalue weighted by molar-refractivity contribution is -0.374. The molecule has 19 nitrogen and oxygen atoms in total. The van der Waals surface area contributed by atoms with Gasteiger partial charge in [-0.05, 0) is 105 Å². The van der Waals surface area contributed by atoms with E-state index in [1.165, 1.54) is 6.92 Å². The van der Waals surface area contributed by atoms with Crippen LogP contribution in [0.15, 0.2) is 0 Å². The smallest absolute Gasteiger partial charge is 0.187 e.